The summed E-state index contributed by atoms with van der Waals surface area (Å²) < 4.78 is 5.04. The van der Waals surface area contributed by atoms with Crippen LogP contribution in [-0.2, 0) is 11.3 Å². The predicted molar refractivity (Wildman–Crippen MR) is 70.7 cm³/mol. The lowest BCUT2D eigenvalue weighted by atomic mass is 10.1. The summed E-state index contributed by atoms with van der Waals surface area (Å²) in [5.41, 5.74) is 0.581. The molecule has 1 atom stereocenters. The van der Waals surface area contributed by atoms with E-state index in [4.69, 9.17) is 21.4 Å². The number of aromatic hydroxyl groups is 1. The van der Waals surface area contributed by atoms with Crippen molar-refractivity contribution >= 4 is 17.6 Å². The molecule has 0 aromatic heterocycles. The molecule has 1 unspecified atom stereocenters. The Morgan fingerprint density at radius 1 is 1.58 bits per heavy atom. The van der Waals surface area contributed by atoms with Gasteiger partial charge in [0.1, 0.15) is 6.04 Å². The van der Waals surface area contributed by atoms with Gasteiger partial charge < -0.3 is 14.9 Å². The van der Waals surface area contributed by atoms with Gasteiger partial charge in [0, 0.05) is 23.2 Å². The summed E-state index contributed by atoms with van der Waals surface area (Å²) in [4.78, 5) is 12.9. The van der Waals surface area contributed by atoms with Crippen LogP contribution in [0.15, 0.2) is 12.1 Å². The Hall–Kier alpha value is -1.46. The van der Waals surface area contributed by atoms with Gasteiger partial charge >= 0.3 is 5.97 Å². The van der Waals surface area contributed by atoms with Gasteiger partial charge in [0.2, 0.25) is 0 Å². The summed E-state index contributed by atoms with van der Waals surface area (Å²) in [5, 5.41) is 19.6. The van der Waals surface area contributed by atoms with Crippen LogP contribution in [0.1, 0.15) is 18.4 Å². The van der Waals surface area contributed by atoms with E-state index >= 15 is 0 Å². The summed E-state index contributed by atoms with van der Waals surface area (Å²) in [6.45, 7) is 1.05. The molecule has 0 aliphatic carbocycles. The summed E-state index contributed by atoms with van der Waals surface area (Å²) in [6.07, 6.45) is 1.48. The first-order valence-electron chi connectivity index (χ1n) is 6.05. The first-order valence-corrected chi connectivity index (χ1v) is 6.43. The van der Waals surface area contributed by atoms with Crippen LogP contribution in [0.2, 0.25) is 5.02 Å². The number of hydrogen-bond donors (Lipinski definition) is 2. The molecule has 0 spiro atoms. The van der Waals surface area contributed by atoms with Gasteiger partial charge in [-0.15, -0.1) is 0 Å². The van der Waals surface area contributed by atoms with Gasteiger partial charge in [-0.2, -0.15) is 0 Å². The number of ether oxygens (including phenoxy) is 1. The topological polar surface area (TPSA) is 70.0 Å². The number of likely N-dealkylation sites (tertiary alicyclic amines) is 1. The molecule has 2 rings (SSSR count). The molecule has 1 aromatic rings. The van der Waals surface area contributed by atoms with Gasteiger partial charge in [-0.05, 0) is 25.5 Å². The van der Waals surface area contributed by atoms with Crippen LogP contribution in [0.4, 0.5) is 0 Å². The summed E-state index contributed by atoms with van der Waals surface area (Å²) in [5.74, 6) is -0.512. The molecule has 104 valence electrons. The molecular formula is C13H16ClNO4. The lowest BCUT2D eigenvalue weighted by Gasteiger charge is -2.22. The normalized spacial score (nSPS) is 19.6. The largest absolute Gasteiger partial charge is 0.504 e. The van der Waals surface area contributed by atoms with Crippen molar-refractivity contribution in [2.45, 2.75) is 25.4 Å². The number of carbonyl (C=O) groups is 1. The van der Waals surface area contributed by atoms with Crippen LogP contribution in [0.3, 0.4) is 0 Å². The highest BCUT2D eigenvalue weighted by atomic mass is 35.5. The van der Waals surface area contributed by atoms with Gasteiger partial charge in [-0.1, -0.05) is 11.6 Å². The second-order valence-electron chi connectivity index (χ2n) is 4.58. The summed E-state index contributed by atoms with van der Waals surface area (Å²) in [6, 6.07) is 2.67. The smallest absolute Gasteiger partial charge is 0.320 e. The third kappa shape index (κ3) is 2.93. The molecule has 2 N–H and O–H groups in total. The number of benzene rings is 1. The molecule has 1 saturated heterocycles. The number of halogens is 1. The molecule has 19 heavy (non-hydrogen) atoms. The number of hydrogen-bond acceptors (Lipinski definition) is 4. The Bertz CT molecular complexity index is 492. The number of carboxylic acid groups (broad SMARTS) is 1. The van der Waals surface area contributed by atoms with E-state index in [0.717, 1.165) is 6.42 Å². The number of aliphatic carboxylic acids is 1. The van der Waals surface area contributed by atoms with Crippen molar-refractivity contribution in [3.8, 4) is 11.5 Å². The average Bonchev–Trinajstić information content (AvgIpc) is 2.81. The van der Waals surface area contributed by atoms with Crippen molar-refractivity contribution in [2.24, 2.45) is 0 Å². The Labute approximate surface area is 116 Å². The van der Waals surface area contributed by atoms with Gasteiger partial charge in [0.15, 0.2) is 11.5 Å². The van der Waals surface area contributed by atoms with Gasteiger partial charge in [-0.25, -0.2) is 0 Å². The quantitative estimate of drug-likeness (QED) is 0.886. The molecule has 1 heterocycles. The van der Waals surface area contributed by atoms with Gasteiger partial charge in [-0.3, -0.25) is 9.69 Å². The number of phenolic OH excluding ortho intramolecular Hbond substituents is 1. The minimum Gasteiger partial charge on any atom is -0.504 e. The van der Waals surface area contributed by atoms with Crippen molar-refractivity contribution in [1.29, 1.82) is 0 Å². The van der Waals surface area contributed by atoms with Crippen molar-refractivity contribution in [1.82, 2.24) is 4.90 Å². The van der Waals surface area contributed by atoms with Crippen LogP contribution in [0.25, 0.3) is 0 Å². The maximum atomic E-state index is 11.1. The van der Waals surface area contributed by atoms with Gasteiger partial charge in [0.25, 0.3) is 0 Å². The molecule has 1 aromatic carbocycles. The summed E-state index contributed by atoms with van der Waals surface area (Å²) in [7, 11) is 1.45. The fourth-order valence-corrected chi connectivity index (χ4v) is 2.65. The van der Waals surface area contributed by atoms with Crippen molar-refractivity contribution in [3.05, 3.63) is 22.7 Å². The zero-order valence-electron chi connectivity index (χ0n) is 10.6. The predicted octanol–water partition coefficient (Wildman–Crippen LogP) is 2.10. The zero-order valence-corrected chi connectivity index (χ0v) is 11.4. The lowest BCUT2D eigenvalue weighted by molar-refractivity contribution is -0.142. The first-order chi connectivity index (χ1) is 9.02. The Morgan fingerprint density at radius 2 is 2.32 bits per heavy atom. The lowest BCUT2D eigenvalue weighted by Crippen LogP contribution is -2.35. The minimum absolute atomic E-state index is 0.0166. The van der Waals surface area contributed by atoms with Crippen LogP contribution >= 0.6 is 11.6 Å². The van der Waals surface area contributed by atoms with E-state index in [9.17, 15) is 9.90 Å². The standard InChI is InChI=1S/C13H16ClNO4/c1-19-11-6-9(14)5-8(12(11)16)7-15-4-2-3-10(15)13(17)18/h5-6,10,16H,2-4,7H2,1H3,(H,17,18). The van der Waals surface area contributed by atoms with Crippen LogP contribution in [0, 0.1) is 0 Å². The summed E-state index contributed by atoms with van der Waals surface area (Å²) >= 11 is 5.96. The second-order valence-corrected chi connectivity index (χ2v) is 5.02. The molecule has 1 aliphatic heterocycles. The van der Waals surface area contributed by atoms with E-state index in [0.29, 0.717) is 35.8 Å². The van der Waals surface area contributed by atoms with Crippen molar-refractivity contribution < 1.29 is 19.7 Å². The third-order valence-corrected chi connectivity index (χ3v) is 3.58. The van der Waals surface area contributed by atoms with E-state index in [1.54, 1.807) is 6.07 Å². The van der Waals surface area contributed by atoms with Crippen LogP contribution in [0.5, 0.6) is 11.5 Å². The van der Waals surface area contributed by atoms with E-state index in [-0.39, 0.29) is 5.75 Å². The maximum Gasteiger partial charge on any atom is 0.320 e. The number of nitrogens with zero attached hydrogens (tertiary/aromatic N) is 1. The SMILES string of the molecule is COc1cc(Cl)cc(CN2CCCC2C(=O)O)c1O. The highest BCUT2D eigenvalue weighted by molar-refractivity contribution is 6.30. The Kier molecular flexibility index (Phi) is 4.17. The van der Waals surface area contributed by atoms with E-state index in [1.165, 1.54) is 13.2 Å². The number of rotatable bonds is 4. The fourth-order valence-electron chi connectivity index (χ4n) is 2.42. The molecule has 0 saturated carbocycles. The van der Waals surface area contributed by atoms with Crippen LogP contribution < -0.4 is 4.74 Å². The molecule has 0 amide bonds. The molecule has 6 heteroatoms. The van der Waals surface area contributed by atoms with Crippen molar-refractivity contribution in [3.63, 3.8) is 0 Å². The molecular weight excluding hydrogens is 270 g/mol. The molecule has 1 aliphatic rings. The number of carboxylic acids is 1. The maximum absolute atomic E-state index is 11.1. The van der Waals surface area contributed by atoms with Gasteiger partial charge in [0.05, 0.1) is 7.11 Å². The number of methoxy groups -OCH3 is 1. The minimum atomic E-state index is -0.828. The van der Waals surface area contributed by atoms with Crippen molar-refractivity contribution in [2.75, 3.05) is 13.7 Å². The van der Waals surface area contributed by atoms with E-state index < -0.39 is 12.0 Å². The second kappa shape index (κ2) is 5.67. The van der Waals surface area contributed by atoms with Crippen LogP contribution in [-0.4, -0.2) is 40.8 Å². The highest BCUT2D eigenvalue weighted by Crippen LogP contribution is 2.35. The monoisotopic (exact) mass is 285 g/mol. The van der Waals surface area contributed by atoms with E-state index in [1.807, 2.05) is 4.90 Å². The average molecular weight is 286 g/mol. The molecule has 0 radical (unpaired) electrons. The first kappa shape index (κ1) is 14.0. The zero-order chi connectivity index (χ0) is 14.0. The molecule has 1 fully saturated rings. The Balaban J connectivity index is 2.23. The number of phenols is 1. The fraction of sp³-hybridized carbons (Fsp3) is 0.462. The van der Waals surface area contributed by atoms with E-state index in [2.05, 4.69) is 0 Å². The molecule has 5 nitrogen and oxygen atoms in total. The molecule has 0 bridgehead atoms. The Morgan fingerprint density at radius 3 is 2.95 bits per heavy atom. The third-order valence-electron chi connectivity index (χ3n) is 3.36. The highest BCUT2D eigenvalue weighted by Gasteiger charge is 2.31.